The molecule has 4 aromatic rings. The molecular formula is C22H20N4S2. The summed E-state index contributed by atoms with van der Waals surface area (Å²) in [6.07, 6.45) is 2.45. The van der Waals surface area contributed by atoms with Gasteiger partial charge < -0.3 is 4.57 Å². The average Bonchev–Trinajstić information content (AvgIpc) is 3.34. The Kier molecular flexibility index (Phi) is 4.97. The lowest BCUT2D eigenvalue weighted by Crippen LogP contribution is -2.06. The normalized spacial score (nSPS) is 13.7. The molecule has 0 bridgehead atoms. The van der Waals surface area contributed by atoms with Crippen LogP contribution in [0.15, 0.2) is 71.2 Å². The first kappa shape index (κ1) is 17.6. The van der Waals surface area contributed by atoms with E-state index in [1.54, 1.807) is 23.1 Å². The van der Waals surface area contributed by atoms with Crippen LogP contribution in [0.25, 0.3) is 10.6 Å². The smallest absolute Gasteiger partial charge is 0.191 e. The first-order chi connectivity index (χ1) is 13.9. The summed E-state index contributed by atoms with van der Waals surface area (Å²) in [6.45, 7) is 0.828. The van der Waals surface area contributed by atoms with Crippen LogP contribution in [-0.4, -0.2) is 19.7 Å². The number of benzene rings is 2. The van der Waals surface area contributed by atoms with Crippen molar-refractivity contribution in [1.29, 1.82) is 0 Å². The van der Waals surface area contributed by atoms with Crippen molar-refractivity contribution in [3.63, 3.8) is 0 Å². The third-order valence-corrected chi connectivity index (χ3v) is 6.73. The molecule has 1 fully saturated rings. The van der Waals surface area contributed by atoms with Gasteiger partial charge in [0, 0.05) is 22.6 Å². The Morgan fingerprint density at radius 1 is 0.964 bits per heavy atom. The Morgan fingerprint density at radius 2 is 1.71 bits per heavy atom. The van der Waals surface area contributed by atoms with Crippen molar-refractivity contribution in [2.24, 2.45) is 0 Å². The van der Waals surface area contributed by atoms with Gasteiger partial charge in [-0.2, -0.15) is 0 Å². The second-order valence-electron chi connectivity index (χ2n) is 6.99. The monoisotopic (exact) mass is 404 g/mol. The van der Waals surface area contributed by atoms with Crippen LogP contribution in [0.3, 0.4) is 0 Å². The molecule has 0 atom stereocenters. The maximum atomic E-state index is 4.80. The highest BCUT2D eigenvalue weighted by atomic mass is 32.2. The fraction of sp³-hybridized carbons (Fsp3) is 0.227. The van der Waals surface area contributed by atoms with E-state index in [1.165, 1.54) is 24.0 Å². The van der Waals surface area contributed by atoms with Crippen molar-refractivity contribution in [3.8, 4) is 10.6 Å². The number of thioether (sulfide) groups is 1. The summed E-state index contributed by atoms with van der Waals surface area (Å²) in [4.78, 5) is 4.80. The number of thiazole rings is 1. The first-order valence-corrected chi connectivity index (χ1v) is 11.3. The van der Waals surface area contributed by atoms with Crippen LogP contribution in [0.4, 0.5) is 0 Å². The average molecular weight is 405 g/mol. The van der Waals surface area contributed by atoms with E-state index in [9.17, 15) is 0 Å². The van der Waals surface area contributed by atoms with E-state index >= 15 is 0 Å². The summed E-state index contributed by atoms with van der Waals surface area (Å²) in [7, 11) is 0. The van der Waals surface area contributed by atoms with E-state index in [4.69, 9.17) is 4.98 Å². The lowest BCUT2D eigenvalue weighted by atomic mass is 10.2. The minimum absolute atomic E-state index is 0.578. The van der Waals surface area contributed by atoms with Crippen LogP contribution in [0.5, 0.6) is 0 Å². The zero-order valence-corrected chi connectivity index (χ0v) is 17.0. The second-order valence-corrected chi connectivity index (χ2v) is 8.79. The molecule has 2 aromatic heterocycles. The quantitative estimate of drug-likeness (QED) is 0.375. The predicted molar refractivity (Wildman–Crippen MR) is 115 cm³/mol. The van der Waals surface area contributed by atoms with E-state index in [0.29, 0.717) is 5.92 Å². The van der Waals surface area contributed by atoms with Crippen LogP contribution >= 0.6 is 23.1 Å². The van der Waals surface area contributed by atoms with Gasteiger partial charge in [-0.25, -0.2) is 4.98 Å². The Balaban J connectivity index is 1.34. The highest BCUT2D eigenvalue weighted by Crippen LogP contribution is 2.40. The number of hydrogen-bond acceptors (Lipinski definition) is 5. The minimum atomic E-state index is 0.578. The molecule has 0 saturated heterocycles. The minimum Gasteiger partial charge on any atom is -0.301 e. The van der Waals surface area contributed by atoms with Gasteiger partial charge in [-0.15, -0.1) is 21.5 Å². The van der Waals surface area contributed by atoms with Gasteiger partial charge in [0.2, 0.25) is 0 Å². The van der Waals surface area contributed by atoms with Crippen molar-refractivity contribution in [3.05, 3.63) is 83.1 Å². The van der Waals surface area contributed by atoms with Gasteiger partial charge in [0.15, 0.2) is 5.16 Å². The van der Waals surface area contributed by atoms with Crippen LogP contribution in [0, 0.1) is 0 Å². The van der Waals surface area contributed by atoms with Crippen molar-refractivity contribution in [2.75, 3.05) is 0 Å². The summed E-state index contributed by atoms with van der Waals surface area (Å²) >= 11 is 3.42. The van der Waals surface area contributed by atoms with E-state index in [0.717, 1.165) is 34.0 Å². The van der Waals surface area contributed by atoms with E-state index in [2.05, 4.69) is 74.7 Å². The van der Waals surface area contributed by atoms with Crippen LogP contribution in [0.2, 0.25) is 0 Å². The lowest BCUT2D eigenvalue weighted by Gasteiger charge is -2.09. The van der Waals surface area contributed by atoms with E-state index in [1.807, 2.05) is 6.07 Å². The van der Waals surface area contributed by atoms with Gasteiger partial charge >= 0.3 is 0 Å². The number of rotatable bonds is 7. The molecular weight excluding hydrogens is 384 g/mol. The van der Waals surface area contributed by atoms with Gasteiger partial charge in [-0.1, -0.05) is 72.4 Å². The maximum Gasteiger partial charge on any atom is 0.191 e. The molecule has 0 amide bonds. The lowest BCUT2D eigenvalue weighted by molar-refractivity contribution is 0.667. The van der Waals surface area contributed by atoms with Crippen LogP contribution in [0.1, 0.15) is 35.8 Å². The van der Waals surface area contributed by atoms with Gasteiger partial charge in [0.25, 0.3) is 0 Å². The molecule has 2 aromatic carbocycles. The van der Waals surface area contributed by atoms with Gasteiger partial charge in [0.05, 0.1) is 12.2 Å². The molecule has 1 aliphatic rings. The second kappa shape index (κ2) is 7.89. The predicted octanol–water partition coefficient (Wildman–Crippen LogP) is 5.62. The van der Waals surface area contributed by atoms with Crippen molar-refractivity contribution in [1.82, 2.24) is 19.7 Å². The standard InChI is InChI=1S/C22H20N4S2/c1-3-7-16(8-4-1)13-26-20(17-11-12-17)24-25-22(26)28-15-19-14-27-21(23-19)18-9-5-2-6-10-18/h1-10,14,17H,11-13,15H2. The highest BCUT2D eigenvalue weighted by molar-refractivity contribution is 7.98. The third-order valence-electron chi connectivity index (χ3n) is 4.79. The first-order valence-electron chi connectivity index (χ1n) is 9.46. The number of aromatic nitrogens is 4. The molecule has 0 unspecified atom stereocenters. The topological polar surface area (TPSA) is 43.6 Å². The molecule has 0 radical (unpaired) electrons. The number of hydrogen-bond donors (Lipinski definition) is 0. The van der Waals surface area contributed by atoms with Crippen LogP contribution < -0.4 is 0 Å². The molecule has 6 heteroatoms. The van der Waals surface area contributed by atoms with Crippen molar-refractivity contribution >= 4 is 23.1 Å². The molecule has 28 heavy (non-hydrogen) atoms. The Labute approximate surface area is 172 Å². The fourth-order valence-electron chi connectivity index (χ4n) is 3.19. The molecule has 5 rings (SSSR count). The maximum absolute atomic E-state index is 4.80. The summed E-state index contributed by atoms with van der Waals surface area (Å²) in [5.41, 5.74) is 3.55. The van der Waals surface area contributed by atoms with Gasteiger partial charge in [-0.05, 0) is 18.4 Å². The number of nitrogens with zero attached hydrogens (tertiary/aromatic N) is 4. The Hall–Kier alpha value is -2.44. The van der Waals surface area contributed by atoms with Gasteiger partial charge in [-0.3, -0.25) is 0 Å². The zero-order valence-electron chi connectivity index (χ0n) is 15.4. The summed E-state index contributed by atoms with van der Waals surface area (Å²) in [6, 6.07) is 20.9. The third kappa shape index (κ3) is 3.88. The zero-order chi connectivity index (χ0) is 18.8. The molecule has 0 N–H and O–H groups in total. The van der Waals surface area contributed by atoms with Gasteiger partial charge in [0.1, 0.15) is 10.8 Å². The summed E-state index contributed by atoms with van der Waals surface area (Å²) in [5.74, 6) is 2.52. The molecule has 2 heterocycles. The molecule has 0 aliphatic heterocycles. The highest BCUT2D eigenvalue weighted by Gasteiger charge is 2.30. The molecule has 0 spiro atoms. The van der Waals surface area contributed by atoms with Crippen molar-refractivity contribution < 1.29 is 0 Å². The van der Waals surface area contributed by atoms with E-state index < -0.39 is 0 Å². The molecule has 4 nitrogen and oxygen atoms in total. The summed E-state index contributed by atoms with van der Waals surface area (Å²) < 4.78 is 2.29. The molecule has 140 valence electrons. The fourth-order valence-corrected chi connectivity index (χ4v) is 4.96. The van der Waals surface area contributed by atoms with E-state index in [-0.39, 0.29) is 0 Å². The summed E-state index contributed by atoms with van der Waals surface area (Å²) in [5, 5.41) is 13.2. The molecule has 1 aliphatic carbocycles. The molecule has 1 saturated carbocycles. The van der Waals surface area contributed by atoms with Crippen LogP contribution in [-0.2, 0) is 12.3 Å². The Bertz CT molecular complexity index is 1050. The SMILES string of the molecule is c1ccc(Cn2c(SCc3csc(-c4ccccc4)n3)nnc2C2CC2)cc1. The Morgan fingerprint density at radius 3 is 2.46 bits per heavy atom. The largest absolute Gasteiger partial charge is 0.301 e. The van der Waals surface area contributed by atoms with Crippen molar-refractivity contribution in [2.45, 2.75) is 36.2 Å².